The monoisotopic (exact) mass is 452 g/mol. The smallest absolute Gasteiger partial charge is 0.259 e. The molecule has 2 N–H and O–H groups in total. The summed E-state index contributed by atoms with van der Waals surface area (Å²) in [5.41, 5.74) is 2.94. The lowest BCUT2D eigenvalue weighted by atomic mass is 10.1. The number of nitrogens with one attached hydrogen (secondary N) is 2. The molecule has 8 nitrogen and oxygen atoms in total. The number of rotatable bonds is 6. The molecule has 1 aromatic carbocycles. The van der Waals surface area contributed by atoms with E-state index < -0.39 is 0 Å². The van der Waals surface area contributed by atoms with Crippen molar-refractivity contribution < 1.29 is 18.5 Å². The maximum Gasteiger partial charge on any atom is 0.259 e. The lowest BCUT2D eigenvalue weighted by molar-refractivity contribution is 0.0928. The zero-order valence-corrected chi connectivity index (χ0v) is 18.5. The van der Waals surface area contributed by atoms with E-state index in [0.29, 0.717) is 38.7 Å². The van der Waals surface area contributed by atoms with Crippen LogP contribution < -0.4 is 10.6 Å². The van der Waals surface area contributed by atoms with E-state index >= 15 is 0 Å². The number of amides is 2. The molecule has 0 atom stereocenters. The summed E-state index contributed by atoms with van der Waals surface area (Å²) >= 11 is 6.04. The number of carbonyl (C=O) groups excluding carboxylic acids is 2. The molecule has 0 saturated carbocycles. The number of hydrogen-bond acceptors (Lipinski definition) is 6. The zero-order chi connectivity index (χ0) is 22.8. The van der Waals surface area contributed by atoms with Crippen molar-refractivity contribution in [1.29, 1.82) is 0 Å². The van der Waals surface area contributed by atoms with E-state index in [0.717, 1.165) is 11.3 Å². The van der Waals surface area contributed by atoms with Gasteiger partial charge in [0.25, 0.3) is 17.5 Å². The molecule has 2 amide bonds. The van der Waals surface area contributed by atoms with Crippen molar-refractivity contribution in [3.8, 4) is 11.3 Å². The third-order valence-corrected chi connectivity index (χ3v) is 5.32. The number of carbonyl (C=O) groups is 2. The van der Waals surface area contributed by atoms with Crippen molar-refractivity contribution in [3.05, 3.63) is 69.8 Å². The number of aromatic nitrogens is 2. The Morgan fingerprint density at radius 2 is 1.69 bits per heavy atom. The maximum absolute atomic E-state index is 13.0. The van der Waals surface area contributed by atoms with Gasteiger partial charge in [-0.15, -0.1) is 0 Å². The van der Waals surface area contributed by atoms with Crippen LogP contribution in [-0.4, -0.2) is 35.0 Å². The number of hydrogen-bond donors (Lipinski definition) is 2. The van der Waals surface area contributed by atoms with Crippen LogP contribution in [0.25, 0.3) is 22.4 Å². The summed E-state index contributed by atoms with van der Waals surface area (Å²) in [4.78, 5) is 29.7. The third-order valence-electron chi connectivity index (χ3n) is 4.99. The number of pyridine rings is 1. The van der Waals surface area contributed by atoms with E-state index in [9.17, 15) is 9.59 Å². The van der Waals surface area contributed by atoms with Crippen LogP contribution in [0.15, 0.2) is 45.3 Å². The summed E-state index contributed by atoms with van der Waals surface area (Å²) in [7, 11) is 0. The fraction of sp³-hybridized carbons (Fsp3) is 0.217. The first kappa shape index (κ1) is 21.6. The average Bonchev–Trinajstić information content (AvgIpc) is 3.31. The molecule has 0 aliphatic rings. The summed E-state index contributed by atoms with van der Waals surface area (Å²) in [6, 6.07) is 10.3. The van der Waals surface area contributed by atoms with Gasteiger partial charge >= 0.3 is 0 Å². The van der Waals surface area contributed by atoms with Crippen molar-refractivity contribution in [3.63, 3.8) is 0 Å². The number of fused-ring (bicyclic) bond motifs is 1. The zero-order valence-electron chi connectivity index (χ0n) is 17.8. The lowest BCUT2D eigenvalue weighted by Crippen LogP contribution is -2.34. The molecule has 32 heavy (non-hydrogen) atoms. The Balaban J connectivity index is 1.50. The minimum atomic E-state index is -0.324. The van der Waals surface area contributed by atoms with Crippen LogP contribution >= 0.6 is 11.6 Å². The summed E-state index contributed by atoms with van der Waals surface area (Å²) in [6.45, 7) is 5.89. The Morgan fingerprint density at radius 3 is 2.34 bits per heavy atom. The van der Waals surface area contributed by atoms with E-state index in [1.807, 2.05) is 19.9 Å². The van der Waals surface area contributed by atoms with Crippen LogP contribution in [0.2, 0.25) is 5.02 Å². The lowest BCUT2D eigenvalue weighted by Gasteiger charge is -2.09. The van der Waals surface area contributed by atoms with Crippen LogP contribution in [0.4, 0.5) is 0 Å². The van der Waals surface area contributed by atoms with Crippen molar-refractivity contribution >= 4 is 34.5 Å². The molecule has 0 spiro atoms. The van der Waals surface area contributed by atoms with E-state index in [1.165, 1.54) is 0 Å². The van der Waals surface area contributed by atoms with Crippen molar-refractivity contribution in [2.24, 2.45) is 0 Å². The molecule has 0 fully saturated rings. The van der Waals surface area contributed by atoms with Crippen LogP contribution in [0.3, 0.4) is 0 Å². The van der Waals surface area contributed by atoms with Gasteiger partial charge in [-0.2, -0.15) is 0 Å². The molecule has 0 aliphatic carbocycles. The first-order valence-corrected chi connectivity index (χ1v) is 10.4. The molecule has 4 rings (SSSR count). The van der Waals surface area contributed by atoms with Crippen LogP contribution in [-0.2, 0) is 0 Å². The summed E-state index contributed by atoms with van der Waals surface area (Å²) in [5.74, 6) is 0.807. The second-order valence-electron chi connectivity index (χ2n) is 7.32. The topological polar surface area (TPSA) is 110 Å². The minimum absolute atomic E-state index is 0.225. The van der Waals surface area contributed by atoms with Crippen LogP contribution in [0.1, 0.15) is 37.9 Å². The van der Waals surface area contributed by atoms with Gasteiger partial charge in [-0.05, 0) is 45.0 Å². The Hall–Kier alpha value is -3.65. The predicted molar refractivity (Wildman–Crippen MR) is 120 cm³/mol. The largest absolute Gasteiger partial charge is 0.466 e. The number of benzene rings is 1. The van der Waals surface area contributed by atoms with Gasteiger partial charge in [-0.25, -0.2) is 4.98 Å². The first-order chi connectivity index (χ1) is 15.3. The summed E-state index contributed by atoms with van der Waals surface area (Å²) < 4.78 is 10.9. The fourth-order valence-electron chi connectivity index (χ4n) is 3.48. The average molecular weight is 453 g/mol. The highest BCUT2D eigenvalue weighted by molar-refractivity contribution is 6.33. The molecule has 0 bridgehead atoms. The number of halogens is 1. The molecule has 0 aliphatic heterocycles. The number of aryl methyl sites for hydroxylation is 3. The van der Waals surface area contributed by atoms with Gasteiger partial charge in [0, 0.05) is 18.7 Å². The Kier molecular flexibility index (Phi) is 5.96. The maximum atomic E-state index is 13.0. The van der Waals surface area contributed by atoms with Gasteiger partial charge in [0.05, 0.1) is 32.9 Å². The molecule has 0 unspecified atom stereocenters. The highest BCUT2D eigenvalue weighted by Gasteiger charge is 2.21. The van der Waals surface area contributed by atoms with Crippen molar-refractivity contribution in [1.82, 2.24) is 20.8 Å². The summed E-state index contributed by atoms with van der Waals surface area (Å²) in [6.07, 6.45) is 0. The van der Waals surface area contributed by atoms with Crippen LogP contribution in [0, 0.1) is 20.8 Å². The number of furan rings is 1. The van der Waals surface area contributed by atoms with Crippen LogP contribution in [0.5, 0.6) is 0 Å². The van der Waals surface area contributed by atoms with E-state index in [-0.39, 0.29) is 30.6 Å². The predicted octanol–water partition coefficient (Wildman–Crippen LogP) is 4.22. The fourth-order valence-corrected chi connectivity index (χ4v) is 3.71. The van der Waals surface area contributed by atoms with Gasteiger partial charge < -0.3 is 19.6 Å². The molecule has 3 heterocycles. The molecule has 3 aromatic heterocycles. The first-order valence-electron chi connectivity index (χ1n) is 10.0. The SMILES string of the molecule is Cc1cc(-c2cc(C(=O)NCCNC(=O)c3ccccc3Cl)c3c(C)noc3n2)c(C)o1. The molecular weight excluding hydrogens is 432 g/mol. The summed E-state index contributed by atoms with van der Waals surface area (Å²) in [5, 5.41) is 10.4. The Labute approximate surface area is 188 Å². The quantitative estimate of drug-likeness (QED) is 0.424. The van der Waals surface area contributed by atoms with E-state index in [1.54, 1.807) is 37.3 Å². The molecule has 0 radical (unpaired) electrons. The Bertz CT molecular complexity index is 1330. The Morgan fingerprint density at radius 1 is 1.00 bits per heavy atom. The van der Waals surface area contributed by atoms with Gasteiger partial charge in [-0.1, -0.05) is 28.9 Å². The van der Waals surface area contributed by atoms with Gasteiger partial charge in [-0.3, -0.25) is 9.59 Å². The van der Waals surface area contributed by atoms with Gasteiger partial charge in [0.2, 0.25) is 0 Å². The second kappa shape index (κ2) is 8.84. The van der Waals surface area contributed by atoms with E-state index in [2.05, 4.69) is 20.8 Å². The number of nitrogens with zero attached hydrogens (tertiary/aromatic N) is 2. The van der Waals surface area contributed by atoms with Gasteiger partial charge in [0.15, 0.2) is 0 Å². The standard InChI is InChI=1S/C23H21ClN4O4/c1-12-10-16(14(3)31-12)19-11-17(20-13(2)28-32-23(20)27-19)22(30)26-9-8-25-21(29)15-6-4-5-7-18(15)24/h4-7,10-11H,8-9H2,1-3H3,(H,25,29)(H,26,30). The molecule has 4 aromatic rings. The van der Waals surface area contributed by atoms with Gasteiger partial charge in [0.1, 0.15) is 11.5 Å². The minimum Gasteiger partial charge on any atom is -0.466 e. The molecular formula is C23H21ClN4O4. The molecule has 0 saturated heterocycles. The molecule has 9 heteroatoms. The van der Waals surface area contributed by atoms with Crippen molar-refractivity contribution in [2.75, 3.05) is 13.1 Å². The second-order valence-corrected chi connectivity index (χ2v) is 7.73. The third kappa shape index (κ3) is 4.22. The normalized spacial score (nSPS) is 11.0. The van der Waals surface area contributed by atoms with E-state index in [4.69, 9.17) is 20.5 Å². The highest BCUT2D eigenvalue weighted by atomic mass is 35.5. The van der Waals surface area contributed by atoms with Crippen molar-refractivity contribution in [2.45, 2.75) is 20.8 Å². The highest BCUT2D eigenvalue weighted by Crippen LogP contribution is 2.30. The molecule has 164 valence electrons.